The number of likely N-dealkylation sites (tertiary alicyclic amines) is 1. The lowest BCUT2D eigenvalue weighted by molar-refractivity contribution is 0.0358. The summed E-state index contributed by atoms with van der Waals surface area (Å²) in [4.78, 5) is 13.3. The predicted octanol–water partition coefficient (Wildman–Crippen LogP) is 1.54. The van der Waals surface area contributed by atoms with E-state index in [4.69, 9.17) is 16.7 Å². The van der Waals surface area contributed by atoms with Gasteiger partial charge in [-0.3, -0.25) is 4.79 Å². The van der Waals surface area contributed by atoms with Crippen molar-refractivity contribution in [2.45, 2.75) is 0 Å². The molecule has 1 aliphatic heterocycles. The third kappa shape index (κ3) is 1.90. The van der Waals surface area contributed by atoms with Gasteiger partial charge in [0.05, 0.1) is 10.6 Å². The topological polar surface area (TPSA) is 40.5 Å². The van der Waals surface area contributed by atoms with E-state index in [1.165, 1.54) is 17.0 Å². The number of hydrogen-bond acceptors (Lipinski definition) is 2. The standard InChI is InChI=1S/C11H11ClFNO2/c12-9-3-1-2-8(10(9)13)11(16)14-4-7(5-14)6-15/h1-3,7,15H,4-6H2. The van der Waals surface area contributed by atoms with E-state index < -0.39 is 5.82 Å². The summed E-state index contributed by atoms with van der Waals surface area (Å²) in [6, 6.07) is 4.36. The Bertz CT molecular complexity index is 418. The van der Waals surface area contributed by atoms with Gasteiger partial charge in [0, 0.05) is 25.6 Å². The Balaban J connectivity index is 2.13. The van der Waals surface area contributed by atoms with Gasteiger partial charge in [0.2, 0.25) is 0 Å². The van der Waals surface area contributed by atoms with E-state index in [1.54, 1.807) is 6.07 Å². The van der Waals surface area contributed by atoms with E-state index in [0.29, 0.717) is 13.1 Å². The highest BCUT2D eigenvalue weighted by molar-refractivity contribution is 6.31. The summed E-state index contributed by atoms with van der Waals surface area (Å²) >= 11 is 5.59. The number of halogens is 2. The number of hydrogen-bond donors (Lipinski definition) is 1. The number of carbonyl (C=O) groups is 1. The first-order valence-electron chi connectivity index (χ1n) is 4.97. The van der Waals surface area contributed by atoms with Gasteiger partial charge in [0.1, 0.15) is 0 Å². The van der Waals surface area contributed by atoms with Crippen LogP contribution in [-0.2, 0) is 0 Å². The van der Waals surface area contributed by atoms with Crippen molar-refractivity contribution >= 4 is 17.5 Å². The molecule has 1 N–H and O–H groups in total. The lowest BCUT2D eigenvalue weighted by Gasteiger charge is -2.38. The molecule has 0 aromatic heterocycles. The molecule has 3 nitrogen and oxygen atoms in total. The Labute approximate surface area is 97.4 Å². The molecule has 86 valence electrons. The van der Waals surface area contributed by atoms with Crippen molar-refractivity contribution in [3.63, 3.8) is 0 Å². The molecule has 0 atom stereocenters. The average Bonchev–Trinajstić information content (AvgIpc) is 2.20. The normalized spacial score (nSPS) is 16.1. The second kappa shape index (κ2) is 4.39. The Morgan fingerprint density at radius 3 is 2.88 bits per heavy atom. The molecule has 0 saturated carbocycles. The SMILES string of the molecule is O=C(c1cccc(Cl)c1F)N1CC(CO)C1. The molecule has 1 fully saturated rings. The number of rotatable bonds is 2. The lowest BCUT2D eigenvalue weighted by Crippen LogP contribution is -2.51. The minimum atomic E-state index is -0.679. The fourth-order valence-corrected chi connectivity index (χ4v) is 1.87. The molecule has 2 rings (SSSR count). The summed E-state index contributed by atoms with van der Waals surface area (Å²) in [6.45, 7) is 1.00. The van der Waals surface area contributed by atoms with Crippen molar-refractivity contribution in [1.82, 2.24) is 4.90 Å². The van der Waals surface area contributed by atoms with E-state index in [9.17, 15) is 9.18 Å². The minimum absolute atomic E-state index is 0.0103. The Morgan fingerprint density at radius 1 is 1.56 bits per heavy atom. The van der Waals surface area contributed by atoms with Gasteiger partial charge in [-0.25, -0.2) is 4.39 Å². The van der Waals surface area contributed by atoms with Crippen molar-refractivity contribution in [3.8, 4) is 0 Å². The van der Waals surface area contributed by atoms with Crippen LogP contribution in [0.3, 0.4) is 0 Å². The van der Waals surface area contributed by atoms with Crippen LogP contribution in [0.2, 0.25) is 5.02 Å². The van der Waals surface area contributed by atoms with Gasteiger partial charge >= 0.3 is 0 Å². The number of aliphatic hydroxyl groups is 1. The molecule has 5 heteroatoms. The molecule has 0 spiro atoms. The number of nitrogens with zero attached hydrogens (tertiary/aromatic N) is 1. The van der Waals surface area contributed by atoms with E-state index in [2.05, 4.69) is 0 Å². The highest BCUT2D eigenvalue weighted by atomic mass is 35.5. The molecule has 1 aromatic rings. The third-order valence-electron chi connectivity index (χ3n) is 2.68. The number of carbonyl (C=O) groups excluding carboxylic acids is 1. The van der Waals surface area contributed by atoms with E-state index >= 15 is 0 Å². The van der Waals surface area contributed by atoms with Crippen molar-refractivity contribution in [2.24, 2.45) is 5.92 Å². The molecule has 0 bridgehead atoms. The van der Waals surface area contributed by atoms with Crippen LogP contribution in [0, 0.1) is 11.7 Å². The monoisotopic (exact) mass is 243 g/mol. The third-order valence-corrected chi connectivity index (χ3v) is 2.98. The van der Waals surface area contributed by atoms with Crippen LogP contribution >= 0.6 is 11.6 Å². The quantitative estimate of drug-likeness (QED) is 0.856. The molecule has 0 aliphatic carbocycles. The first kappa shape index (κ1) is 11.4. The Morgan fingerprint density at radius 2 is 2.25 bits per heavy atom. The largest absolute Gasteiger partial charge is 0.396 e. The summed E-state index contributed by atoms with van der Waals surface area (Å²) in [6.07, 6.45) is 0. The number of amides is 1. The molecule has 1 heterocycles. The molecular formula is C11H11ClFNO2. The first-order valence-corrected chi connectivity index (χ1v) is 5.35. The van der Waals surface area contributed by atoms with Gasteiger partial charge in [-0.05, 0) is 12.1 Å². The van der Waals surface area contributed by atoms with Crippen LogP contribution in [-0.4, -0.2) is 35.6 Å². The maximum atomic E-state index is 13.5. The van der Waals surface area contributed by atoms with Gasteiger partial charge in [-0.1, -0.05) is 17.7 Å². The highest BCUT2D eigenvalue weighted by Gasteiger charge is 2.31. The van der Waals surface area contributed by atoms with Gasteiger partial charge in [0.25, 0.3) is 5.91 Å². The van der Waals surface area contributed by atoms with Crippen molar-refractivity contribution in [1.29, 1.82) is 0 Å². The van der Waals surface area contributed by atoms with E-state index in [-0.39, 0.29) is 29.0 Å². The molecule has 1 amide bonds. The summed E-state index contributed by atoms with van der Waals surface area (Å²) < 4.78 is 13.5. The van der Waals surface area contributed by atoms with E-state index in [0.717, 1.165) is 0 Å². The summed E-state index contributed by atoms with van der Waals surface area (Å²) in [5.74, 6) is -0.933. The predicted molar refractivity (Wildman–Crippen MR) is 57.9 cm³/mol. The van der Waals surface area contributed by atoms with Crippen molar-refractivity contribution in [3.05, 3.63) is 34.6 Å². The fraction of sp³-hybridized carbons (Fsp3) is 0.364. The average molecular weight is 244 g/mol. The van der Waals surface area contributed by atoms with Crippen molar-refractivity contribution in [2.75, 3.05) is 19.7 Å². The molecule has 16 heavy (non-hydrogen) atoms. The summed E-state index contributed by atoms with van der Waals surface area (Å²) in [7, 11) is 0. The zero-order valence-electron chi connectivity index (χ0n) is 8.49. The maximum Gasteiger partial charge on any atom is 0.256 e. The van der Waals surface area contributed by atoms with Crippen molar-refractivity contribution < 1.29 is 14.3 Å². The van der Waals surface area contributed by atoms with Crippen LogP contribution in [0.25, 0.3) is 0 Å². The van der Waals surface area contributed by atoms with Crippen LogP contribution in [0.15, 0.2) is 18.2 Å². The van der Waals surface area contributed by atoms with Crippen LogP contribution in [0.1, 0.15) is 10.4 Å². The fourth-order valence-electron chi connectivity index (χ4n) is 1.69. The van der Waals surface area contributed by atoms with Crippen LogP contribution in [0.5, 0.6) is 0 Å². The zero-order valence-corrected chi connectivity index (χ0v) is 9.25. The first-order chi connectivity index (χ1) is 7.63. The molecule has 1 aromatic carbocycles. The maximum absolute atomic E-state index is 13.5. The highest BCUT2D eigenvalue weighted by Crippen LogP contribution is 2.23. The van der Waals surface area contributed by atoms with Crippen LogP contribution < -0.4 is 0 Å². The number of aliphatic hydroxyl groups excluding tert-OH is 1. The summed E-state index contributed by atoms with van der Waals surface area (Å²) in [5.41, 5.74) is -0.0103. The van der Waals surface area contributed by atoms with E-state index in [1.807, 2.05) is 0 Å². The molecular weight excluding hydrogens is 233 g/mol. The smallest absolute Gasteiger partial charge is 0.256 e. The molecule has 1 aliphatic rings. The van der Waals surface area contributed by atoms with Gasteiger partial charge < -0.3 is 10.0 Å². The van der Waals surface area contributed by atoms with Gasteiger partial charge in [0.15, 0.2) is 5.82 Å². The van der Waals surface area contributed by atoms with Crippen LogP contribution in [0.4, 0.5) is 4.39 Å². The molecule has 0 radical (unpaired) electrons. The Kier molecular flexibility index (Phi) is 3.12. The summed E-state index contributed by atoms with van der Waals surface area (Å²) in [5, 5.41) is 8.77. The molecule has 1 saturated heterocycles. The number of benzene rings is 1. The minimum Gasteiger partial charge on any atom is -0.396 e. The Hall–Kier alpha value is -1.13. The van der Waals surface area contributed by atoms with Gasteiger partial charge in [-0.2, -0.15) is 0 Å². The zero-order chi connectivity index (χ0) is 11.7. The van der Waals surface area contributed by atoms with Gasteiger partial charge in [-0.15, -0.1) is 0 Å². The second-order valence-electron chi connectivity index (χ2n) is 3.86. The second-order valence-corrected chi connectivity index (χ2v) is 4.27. The molecule has 0 unspecified atom stereocenters. The lowest BCUT2D eigenvalue weighted by atomic mass is 10.00.